The fraction of sp³-hybridized carbons (Fsp3) is 0.409. The lowest BCUT2D eigenvalue weighted by Gasteiger charge is -2.38. The van der Waals surface area contributed by atoms with E-state index in [1.807, 2.05) is 43.4 Å². The molecule has 1 aliphatic heterocycles. The van der Waals surface area contributed by atoms with Gasteiger partial charge in [-0.2, -0.15) is 0 Å². The maximum absolute atomic E-state index is 10.1. The van der Waals surface area contributed by atoms with Crippen LogP contribution in [0, 0.1) is 0 Å². The average molecular weight is 510 g/mol. The van der Waals surface area contributed by atoms with Crippen LogP contribution in [-0.4, -0.2) is 62.8 Å². The molecule has 1 saturated heterocycles. The number of piperazine rings is 1. The predicted octanol–water partition coefficient (Wildman–Crippen LogP) is 3.52. The Hall–Kier alpha value is -2.16. The van der Waals surface area contributed by atoms with E-state index in [4.69, 9.17) is 4.74 Å². The molecular weight excluding hydrogens is 479 g/mol. The largest absolute Gasteiger partial charge is 0.506 e. The smallest absolute Gasteiger partial charge is 0.193 e. The van der Waals surface area contributed by atoms with Gasteiger partial charge in [-0.3, -0.25) is 4.99 Å². The van der Waals surface area contributed by atoms with Crippen molar-refractivity contribution in [1.82, 2.24) is 10.2 Å². The van der Waals surface area contributed by atoms with Crippen LogP contribution in [0.25, 0.3) is 0 Å². The fourth-order valence-electron chi connectivity index (χ4n) is 3.65. The number of phenols is 1. The number of nitrogens with zero attached hydrogens (tertiary/aromatic N) is 3. The average Bonchev–Trinajstić information content (AvgIpc) is 2.75. The molecule has 0 spiro atoms. The third-order valence-electron chi connectivity index (χ3n) is 5.25. The summed E-state index contributed by atoms with van der Waals surface area (Å²) in [5.41, 5.74) is 2.09. The summed E-state index contributed by atoms with van der Waals surface area (Å²) in [6, 6.07) is 15.7. The number of para-hydroxylation sites is 3. The molecule has 2 aromatic carbocycles. The van der Waals surface area contributed by atoms with Crippen molar-refractivity contribution in [3.8, 4) is 11.5 Å². The summed E-state index contributed by atoms with van der Waals surface area (Å²) in [6.07, 6.45) is 0. The Kier molecular flexibility index (Phi) is 8.88. The van der Waals surface area contributed by atoms with E-state index in [0.717, 1.165) is 50.1 Å². The molecule has 3 rings (SSSR count). The molecule has 1 heterocycles. The molecule has 0 bridgehead atoms. The first-order chi connectivity index (χ1) is 13.6. The van der Waals surface area contributed by atoms with E-state index < -0.39 is 0 Å². The van der Waals surface area contributed by atoms with Crippen molar-refractivity contribution >= 4 is 35.6 Å². The molecule has 1 unspecified atom stereocenters. The van der Waals surface area contributed by atoms with Gasteiger partial charge in [-0.15, -0.1) is 24.0 Å². The lowest BCUT2D eigenvalue weighted by molar-refractivity contribution is 0.368. The molecular formula is C22H31IN4O2. The third kappa shape index (κ3) is 5.68. The number of aromatic hydroxyl groups is 1. The summed E-state index contributed by atoms with van der Waals surface area (Å²) in [5, 5.41) is 13.6. The number of rotatable bonds is 5. The van der Waals surface area contributed by atoms with Gasteiger partial charge in [0.1, 0.15) is 11.5 Å². The molecule has 158 valence electrons. The third-order valence-corrected chi connectivity index (χ3v) is 5.25. The zero-order valence-electron chi connectivity index (χ0n) is 17.3. The van der Waals surface area contributed by atoms with Crippen molar-refractivity contribution < 1.29 is 9.84 Å². The van der Waals surface area contributed by atoms with Gasteiger partial charge in [0.15, 0.2) is 5.96 Å². The van der Waals surface area contributed by atoms with Gasteiger partial charge in [0.2, 0.25) is 0 Å². The predicted molar refractivity (Wildman–Crippen MR) is 130 cm³/mol. The summed E-state index contributed by atoms with van der Waals surface area (Å²) in [5.74, 6) is 2.47. The Labute approximate surface area is 190 Å². The molecule has 1 fully saturated rings. The minimum absolute atomic E-state index is 0. The van der Waals surface area contributed by atoms with Crippen molar-refractivity contribution in [1.29, 1.82) is 0 Å². The number of halogens is 1. The van der Waals surface area contributed by atoms with Crippen molar-refractivity contribution in [2.45, 2.75) is 12.8 Å². The maximum Gasteiger partial charge on any atom is 0.193 e. The molecule has 29 heavy (non-hydrogen) atoms. The SMILES string of the molecule is CN=C(NCC(C)c1ccccc1OC)N1CCN(c2ccccc2O)CC1.I. The Bertz CT molecular complexity index is 807. The summed E-state index contributed by atoms with van der Waals surface area (Å²) < 4.78 is 5.49. The molecule has 0 aliphatic carbocycles. The number of nitrogens with one attached hydrogen (secondary N) is 1. The molecule has 7 heteroatoms. The van der Waals surface area contributed by atoms with Gasteiger partial charge >= 0.3 is 0 Å². The van der Waals surface area contributed by atoms with Gasteiger partial charge in [0.05, 0.1) is 12.8 Å². The molecule has 0 radical (unpaired) electrons. The van der Waals surface area contributed by atoms with Gasteiger partial charge in [0, 0.05) is 45.7 Å². The van der Waals surface area contributed by atoms with E-state index in [2.05, 4.69) is 33.1 Å². The number of hydrogen-bond donors (Lipinski definition) is 2. The fourth-order valence-corrected chi connectivity index (χ4v) is 3.65. The highest BCUT2D eigenvalue weighted by atomic mass is 127. The van der Waals surface area contributed by atoms with E-state index in [1.165, 1.54) is 5.56 Å². The standard InChI is InChI=1S/C22H30N4O2.HI/c1-17(18-8-4-7-11-21(18)28-3)16-24-22(23-2)26-14-12-25(13-15-26)19-9-5-6-10-20(19)27;/h4-11,17,27H,12-16H2,1-3H3,(H,23,24);1H. The van der Waals surface area contributed by atoms with Crippen LogP contribution in [0.3, 0.4) is 0 Å². The van der Waals surface area contributed by atoms with Crippen molar-refractivity contribution in [2.24, 2.45) is 4.99 Å². The van der Waals surface area contributed by atoms with Crippen molar-refractivity contribution in [3.63, 3.8) is 0 Å². The number of phenolic OH excluding ortho intramolecular Hbond substituents is 1. The number of hydrogen-bond acceptors (Lipinski definition) is 4. The van der Waals surface area contributed by atoms with Gasteiger partial charge in [0.25, 0.3) is 0 Å². The summed E-state index contributed by atoms with van der Waals surface area (Å²) in [6.45, 7) is 6.38. The quantitative estimate of drug-likeness (QED) is 0.366. The van der Waals surface area contributed by atoms with Crippen molar-refractivity contribution in [3.05, 3.63) is 54.1 Å². The monoisotopic (exact) mass is 510 g/mol. The minimum Gasteiger partial charge on any atom is -0.506 e. The molecule has 0 aromatic heterocycles. The second-order valence-electron chi connectivity index (χ2n) is 7.03. The number of guanidine groups is 1. The second kappa shape index (κ2) is 11.1. The van der Waals surface area contributed by atoms with Crippen LogP contribution in [0.5, 0.6) is 11.5 Å². The molecule has 2 N–H and O–H groups in total. The zero-order chi connectivity index (χ0) is 19.9. The molecule has 2 aromatic rings. The molecule has 0 amide bonds. The van der Waals surface area contributed by atoms with Crippen LogP contribution < -0.4 is 15.0 Å². The molecule has 1 atom stereocenters. The van der Waals surface area contributed by atoms with Crippen LogP contribution >= 0.6 is 24.0 Å². The van der Waals surface area contributed by atoms with E-state index >= 15 is 0 Å². The Morgan fingerprint density at radius 1 is 1.10 bits per heavy atom. The van der Waals surface area contributed by atoms with Gasteiger partial charge in [-0.1, -0.05) is 37.3 Å². The highest BCUT2D eigenvalue weighted by Crippen LogP contribution is 2.27. The van der Waals surface area contributed by atoms with E-state index in [9.17, 15) is 5.11 Å². The Morgan fingerprint density at radius 2 is 1.76 bits per heavy atom. The van der Waals surface area contributed by atoms with Crippen molar-refractivity contribution in [2.75, 3.05) is 51.8 Å². The number of ether oxygens (including phenoxy) is 1. The molecule has 1 aliphatic rings. The first-order valence-corrected chi connectivity index (χ1v) is 9.75. The van der Waals surface area contributed by atoms with Crippen LogP contribution in [0.2, 0.25) is 0 Å². The normalized spacial score (nSPS) is 15.5. The lowest BCUT2D eigenvalue weighted by atomic mass is 10.0. The zero-order valence-corrected chi connectivity index (χ0v) is 19.7. The molecule has 6 nitrogen and oxygen atoms in total. The Morgan fingerprint density at radius 3 is 2.41 bits per heavy atom. The first-order valence-electron chi connectivity index (χ1n) is 9.75. The van der Waals surface area contributed by atoms with Crippen LogP contribution in [0.15, 0.2) is 53.5 Å². The highest BCUT2D eigenvalue weighted by molar-refractivity contribution is 14.0. The minimum atomic E-state index is 0. The maximum atomic E-state index is 10.1. The van der Waals surface area contributed by atoms with E-state index in [-0.39, 0.29) is 24.0 Å². The number of methoxy groups -OCH3 is 1. The van der Waals surface area contributed by atoms with Crippen LogP contribution in [-0.2, 0) is 0 Å². The van der Waals surface area contributed by atoms with Gasteiger partial charge in [-0.25, -0.2) is 0 Å². The van der Waals surface area contributed by atoms with Crippen LogP contribution in [0.4, 0.5) is 5.69 Å². The first kappa shape index (κ1) is 23.1. The number of aliphatic imine (C=N–C) groups is 1. The Balaban J connectivity index is 0.00000300. The number of benzene rings is 2. The van der Waals surface area contributed by atoms with Gasteiger partial charge < -0.3 is 25.0 Å². The van der Waals surface area contributed by atoms with E-state index in [0.29, 0.717) is 11.7 Å². The molecule has 0 saturated carbocycles. The lowest BCUT2D eigenvalue weighted by Crippen LogP contribution is -2.53. The second-order valence-corrected chi connectivity index (χ2v) is 7.03. The van der Waals surface area contributed by atoms with Gasteiger partial charge in [-0.05, 0) is 23.8 Å². The highest BCUT2D eigenvalue weighted by Gasteiger charge is 2.22. The summed E-state index contributed by atoms with van der Waals surface area (Å²) in [4.78, 5) is 8.96. The topological polar surface area (TPSA) is 60.3 Å². The van der Waals surface area contributed by atoms with E-state index in [1.54, 1.807) is 13.2 Å². The summed E-state index contributed by atoms with van der Waals surface area (Å²) in [7, 11) is 3.54. The summed E-state index contributed by atoms with van der Waals surface area (Å²) >= 11 is 0. The number of anilines is 1. The van der Waals surface area contributed by atoms with Crippen LogP contribution in [0.1, 0.15) is 18.4 Å².